The van der Waals surface area contributed by atoms with Crippen molar-refractivity contribution in [1.82, 2.24) is 0 Å². The molecule has 21 heavy (non-hydrogen) atoms. The summed E-state index contributed by atoms with van der Waals surface area (Å²) in [6, 6.07) is 12.5. The van der Waals surface area contributed by atoms with Gasteiger partial charge in [-0.1, -0.05) is 28.1 Å². The van der Waals surface area contributed by atoms with Crippen LogP contribution in [0.25, 0.3) is 0 Å². The zero-order valence-electron chi connectivity index (χ0n) is 11.3. The minimum Gasteiger partial charge on any atom is -0.490 e. The van der Waals surface area contributed by atoms with Gasteiger partial charge in [0.1, 0.15) is 12.4 Å². The first-order chi connectivity index (χ1) is 10.1. The first kappa shape index (κ1) is 15.2. The molecule has 0 spiro atoms. The van der Waals surface area contributed by atoms with E-state index in [1.54, 1.807) is 24.3 Å². The molecule has 5 N–H and O–H groups in total. The molecule has 0 saturated carbocycles. The molecule has 0 saturated heterocycles. The molecular formula is C15H16BrN3O2. The summed E-state index contributed by atoms with van der Waals surface area (Å²) in [5, 5.41) is 3.13. The van der Waals surface area contributed by atoms with Crippen LogP contribution in [-0.4, -0.2) is 19.1 Å². The summed E-state index contributed by atoms with van der Waals surface area (Å²) < 4.78 is 6.44. The van der Waals surface area contributed by atoms with Gasteiger partial charge in [-0.15, -0.1) is 0 Å². The number of hydrogen-bond donors (Lipinski definition) is 3. The number of benzene rings is 2. The lowest BCUT2D eigenvalue weighted by molar-refractivity contribution is 0.100. The van der Waals surface area contributed by atoms with E-state index in [0.29, 0.717) is 35.8 Å². The maximum Gasteiger partial charge on any atom is 0.250 e. The van der Waals surface area contributed by atoms with Gasteiger partial charge < -0.3 is 21.5 Å². The first-order valence-corrected chi connectivity index (χ1v) is 7.18. The number of nitrogens with one attached hydrogen (secondary N) is 1. The number of rotatable bonds is 6. The third-order valence-corrected chi connectivity index (χ3v) is 3.33. The van der Waals surface area contributed by atoms with E-state index in [4.69, 9.17) is 16.2 Å². The van der Waals surface area contributed by atoms with E-state index in [2.05, 4.69) is 21.2 Å². The van der Waals surface area contributed by atoms with Crippen molar-refractivity contribution >= 4 is 33.2 Å². The smallest absolute Gasteiger partial charge is 0.250 e. The van der Waals surface area contributed by atoms with Gasteiger partial charge in [0.2, 0.25) is 0 Å². The summed E-state index contributed by atoms with van der Waals surface area (Å²) in [7, 11) is 0. The van der Waals surface area contributed by atoms with Crippen molar-refractivity contribution in [2.24, 2.45) is 5.73 Å². The average Bonchev–Trinajstić information content (AvgIpc) is 2.45. The highest BCUT2D eigenvalue weighted by molar-refractivity contribution is 9.10. The fourth-order valence-electron chi connectivity index (χ4n) is 1.84. The van der Waals surface area contributed by atoms with Crippen LogP contribution < -0.4 is 21.5 Å². The normalized spacial score (nSPS) is 10.1. The van der Waals surface area contributed by atoms with Crippen LogP contribution in [0, 0.1) is 0 Å². The van der Waals surface area contributed by atoms with Crippen molar-refractivity contribution in [3.05, 3.63) is 52.5 Å². The molecule has 1 amide bonds. The number of amides is 1. The van der Waals surface area contributed by atoms with Crippen molar-refractivity contribution in [3.63, 3.8) is 0 Å². The molecular weight excluding hydrogens is 334 g/mol. The number of para-hydroxylation sites is 2. The van der Waals surface area contributed by atoms with Gasteiger partial charge in [0.25, 0.3) is 5.91 Å². The molecule has 6 heteroatoms. The second-order valence-electron chi connectivity index (χ2n) is 4.37. The van der Waals surface area contributed by atoms with E-state index in [-0.39, 0.29) is 0 Å². The molecule has 0 aliphatic heterocycles. The number of hydrogen-bond acceptors (Lipinski definition) is 4. The summed E-state index contributed by atoms with van der Waals surface area (Å²) >= 11 is 3.36. The van der Waals surface area contributed by atoms with Crippen LogP contribution in [0.5, 0.6) is 5.75 Å². The molecule has 0 bridgehead atoms. The number of anilines is 2. The van der Waals surface area contributed by atoms with Gasteiger partial charge >= 0.3 is 0 Å². The molecule has 2 aromatic rings. The van der Waals surface area contributed by atoms with Gasteiger partial charge in [0, 0.05) is 16.7 Å². The van der Waals surface area contributed by atoms with Crippen LogP contribution in [0.1, 0.15) is 10.4 Å². The van der Waals surface area contributed by atoms with E-state index in [0.717, 1.165) is 4.47 Å². The molecule has 0 unspecified atom stereocenters. The molecule has 0 atom stereocenters. The lowest BCUT2D eigenvalue weighted by Crippen LogP contribution is -2.17. The van der Waals surface area contributed by atoms with Crippen molar-refractivity contribution in [3.8, 4) is 5.75 Å². The Morgan fingerprint density at radius 1 is 1.24 bits per heavy atom. The topological polar surface area (TPSA) is 90.4 Å². The van der Waals surface area contributed by atoms with Gasteiger partial charge in [-0.2, -0.15) is 0 Å². The molecule has 0 fully saturated rings. The van der Waals surface area contributed by atoms with Crippen molar-refractivity contribution in [2.45, 2.75) is 0 Å². The van der Waals surface area contributed by atoms with Crippen LogP contribution in [0.15, 0.2) is 46.9 Å². The number of primary amides is 1. The molecule has 0 heterocycles. The number of carbonyl (C=O) groups excluding carboxylic acids is 1. The summed E-state index contributed by atoms with van der Waals surface area (Å²) in [5.74, 6) is 0.168. The number of nitrogens with two attached hydrogens (primary N) is 2. The van der Waals surface area contributed by atoms with Crippen LogP contribution in [0.3, 0.4) is 0 Å². The quantitative estimate of drug-likeness (QED) is 0.552. The monoisotopic (exact) mass is 349 g/mol. The van der Waals surface area contributed by atoms with Gasteiger partial charge in [-0.05, 0) is 30.3 Å². The molecule has 0 aromatic heterocycles. The standard InChI is InChI=1S/C15H16BrN3O2/c16-10-5-6-11(15(18)20)13(9-10)19-7-8-21-14-4-2-1-3-12(14)17/h1-6,9,19H,7-8,17H2,(H2,18,20). The number of ether oxygens (including phenoxy) is 1. The first-order valence-electron chi connectivity index (χ1n) is 6.38. The third kappa shape index (κ3) is 4.13. The highest BCUT2D eigenvalue weighted by Gasteiger charge is 2.08. The Bertz CT molecular complexity index is 647. The lowest BCUT2D eigenvalue weighted by Gasteiger charge is -2.12. The van der Waals surface area contributed by atoms with Crippen molar-refractivity contribution in [1.29, 1.82) is 0 Å². The Hall–Kier alpha value is -2.21. The Kier molecular flexibility index (Phi) is 5.05. The van der Waals surface area contributed by atoms with Crippen LogP contribution >= 0.6 is 15.9 Å². The number of halogens is 1. The summed E-state index contributed by atoms with van der Waals surface area (Å²) in [5.41, 5.74) is 12.8. The third-order valence-electron chi connectivity index (χ3n) is 2.84. The lowest BCUT2D eigenvalue weighted by atomic mass is 10.1. The maximum absolute atomic E-state index is 11.4. The molecule has 0 radical (unpaired) electrons. The van der Waals surface area contributed by atoms with Crippen molar-refractivity contribution in [2.75, 3.05) is 24.2 Å². The van der Waals surface area contributed by atoms with Crippen molar-refractivity contribution < 1.29 is 9.53 Å². The highest BCUT2D eigenvalue weighted by Crippen LogP contribution is 2.22. The fraction of sp³-hybridized carbons (Fsp3) is 0.133. The molecule has 5 nitrogen and oxygen atoms in total. The Balaban J connectivity index is 1.93. The molecule has 0 aliphatic carbocycles. The number of nitrogen functional groups attached to an aromatic ring is 1. The van der Waals surface area contributed by atoms with E-state index in [1.807, 2.05) is 18.2 Å². The Morgan fingerprint density at radius 3 is 2.71 bits per heavy atom. The molecule has 110 valence electrons. The van der Waals surface area contributed by atoms with Gasteiger partial charge in [-0.25, -0.2) is 0 Å². The zero-order valence-corrected chi connectivity index (χ0v) is 12.9. The van der Waals surface area contributed by atoms with E-state index in [9.17, 15) is 4.79 Å². The second kappa shape index (κ2) is 6.99. The van der Waals surface area contributed by atoms with E-state index < -0.39 is 5.91 Å². The highest BCUT2D eigenvalue weighted by atomic mass is 79.9. The van der Waals surface area contributed by atoms with Crippen LogP contribution in [0.2, 0.25) is 0 Å². The number of carbonyl (C=O) groups is 1. The predicted octanol–water partition coefficient (Wildman–Crippen LogP) is 2.62. The van der Waals surface area contributed by atoms with E-state index >= 15 is 0 Å². The largest absolute Gasteiger partial charge is 0.490 e. The SMILES string of the molecule is NC(=O)c1ccc(Br)cc1NCCOc1ccccc1N. The minimum atomic E-state index is -0.474. The average molecular weight is 350 g/mol. The van der Waals surface area contributed by atoms with Gasteiger partial charge in [0.05, 0.1) is 11.3 Å². The fourth-order valence-corrected chi connectivity index (χ4v) is 2.20. The summed E-state index contributed by atoms with van der Waals surface area (Å²) in [4.78, 5) is 11.4. The maximum atomic E-state index is 11.4. The van der Waals surface area contributed by atoms with Gasteiger partial charge in [-0.3, -0.25) is 4.79 Å². The Labute approximate surface area is 131 Å². The van der Waals surface area contributed by atoms with E-state index in [1.165, 1.54) is 0 Å². The van der Waals surface area contributed by atoms with Crippen LogP contribution in [-0.2, 0) is 0 Å². The Morgan fingerprint density at radius 2 is 2.00 bits per heavy atom. The predicted molar refractivity (Wildman–Crippen MR) is 87.5 cm³/mol. The molecule has 0 aliphatic rings. The summed E-state index contributed by atoms with van der Waals surface area (Å²) in [6.07, 6.45) is 0. The summed E-state index contributed by atoms with van der Waals surface area (Å²) in [6.45, 7) is 0.935. The van der Waals surface area contributed by atoms with Gasteiger partial charge in [0.15, 0.2) is 0 Å². The van der Waals surface area contributed by atoms with Crippen LogP contribution in [0.4, 0.5) is 11.4 Å². The zero-order chi connectivity index (χ0) is 15.2. The molecule has 2 aromatic carbocycles. The minimum absolute atomic E-state index is 0.416. The second-order valence-corrected chi connectivity index (χ2v) is 5.28. The molecule has 2 rings (SSSR count).